The van der Waals surface area contributed by atoms with Crippen LogP contribution in [0.4, 0.5) is 4.79 Å². The van der Waals surface area contributed by atoms with Crippen molar-refractivity contribution in [2.45, 2.75) is 52.7 Å². The van der Waals surface area contributed by atoms with Crippen LogP contribution in [-0.4, -0.2) is 42.8 Å². The lowest BCUT2D eigenvalue weighted by atomic mass is 10.2. The normalized spacial score (nSPS) is 13.4. The third kappa shape index (κ3) is 7.51. The second-order valence-corrected chi connectivity index (χ2v) is 5.17. The lowest BCUT2D eigenvalue weighted by Gasteiger charge is -2.25. The molecule has 0 aromatic carbocycles. The van der Waals surface area contributed by atoms with Crippen LogP contribution in [0.5, 0.6) is 0 Å². The number of hydrogen-bond acceptors (Lipinski definition) is 3. The summed E-state index contributed by atoms with van der Waals surface area (Å²) in [6, 6.07) is 0.493. The first-order chi connectivity index (χ1) is 7.26. The fourth-order valence-electron chi connectivity index (χ4n) is 1.05. The summed E-state index contributed by atoms with van der Waals surface area (Å²) in [5.41, 5.74) is -0.421. The van der Waals surface area contributed by atoms with Gasteiger partial charge in [-0.05, 0) is 34.1 Å². The summed E-state index contributed by atoms with van der Waals surface area (Å²) in [5.74, 6) is 0. The Balaban J connectivity index is 3.80. The molecular formula is C12H26N2O2. The second-order valence-electron chi connectivity index (χ2n) is 5.17. The van der Waals surface area contributed by atoms with Crippen molar-refractivity contribution in [1.29, 1.82) is 0 Å². The molecule has 1 atom stereocenters. The monoisotopic (exact) mass is 230 g/mol. The van der Waals surface area contributed by atoms with Crippen LogP contribution in [0.25, 0.3) is 0 Å². The van der Waals surface area contributed by atoms with Gasteiger partial charge in [0.25, 0.3) is 0 Å². The first kappa shape index (κ1) is 15.2. The average molecular weight is 230 g/mol. The van der Waals surface area contributed by atoms with Gasteiger partial charge < -0.3 is 15.0 Å². The maximum atomic E-state index is 11.6. The molecule has 0 fully saturated rings. The Labute approximate surface area is 99.3 Å². The number of nitrogens with zero attached hydrogens (tertiary/aromatic N) is 1. The van der Waals surface area contributed by atoms with Crippen molar-refractivity contribution in [3.8, 4) is 0 Å². The number of ether oxygens (including phenoxy) is 1. The van der Waals surface area contributed by atoms with Gasteiger partial charge in [-0.2, -0.15) is 0 Å². The Morgan fingerprint density at radius 3 is 2.44 bits per heavy atom. The van der Waals surface area contributed by atoms with Gasteiger partial charge in [0, 0.05) is 26.2 Å². The van der Waals surface area contributed by atoms with Crippen molar-refractivity contribution in [1.82, 2.24) is 10.2 Å². The van der Waals surface area contributed by atoms with Crippen LogP contribution in [-0.2, 0) is 4.74 Å². The van der Waals surface area contributed by atoms with Crippen LogP contribution >= 0.6 is 0 Å². The van der Waals surface area contributed by atoms with E-state index in [9.17, 15) is 4.79 Å². The molecule has 0 aliphatic carbocycles. The molecule has 16 heavy (non-hydrogen) atoms. The zero-order chi connectivity index (χ0) is 12.8. The smallest absolute Gasteiger partial charge is 0.410 e. The quantitative estimate of drug-likeness (QED) is 0.787. The molecule has 0 aromatic rings. The predicted molar refractivity (Wildman–Crippen MR) is 66.6 cm³/mol. The highest BCUT2D eigenvalue weighted by atomic mass is 16.6. The fourth-order valence-corrected chi connectivity index (χ4v) is 1.05. The summed E-state index contributed by atoms with van der Waals surface area (Å²) >= 11 is 0. The Hall–Kier alpha value is -0.770. The van der Waals surface area contributed by atoms with Gasteiger partial charge >= 0.3 is 6.09 Å². The first-order valence-electron chi connectivity index (χ1n) is 5.93. The standard InChI is InChI=1S/C12H26N2O2/c1-7-10(2)13-8-9-14(6)11(15)16-12(3,4)5/h10,13H,7-9H2,1-6H3. The lowest BCUT2D eigenvalue weighted by molar-refractivity contribution is 0.0299. The van der Waals surface area contributed by atoms with E-state index in [-0.39, 0.29) is 6.09 Å². The Kier molecular flexibility index (Phi) is 6.41. The molecule has 0 saturated heterocycles. The van der Waals surface area contributed by atoms with Crippen LogP contribution in [0.3, 0.4) is 0 Å². The van der Waals surface area contributed by atoms with E-state index in [1.165, 1.54) is 0 Å². The molecule has 1 amide bonds. The Morgan fingerprint density at radius 2 is 2.00 bits per heavy atom. The van der Waals surface area contributed by atoms with Gasteiger partial charge in [0.05, 0.1) is 0 Å². The zero-order valence-electron chi connectivity index (χ0n) is 11.5. The van der Waals surface area contributed by atoms with E-state index < -0.39 is 5.60 Å². The molecule has 0 saturated carbocycles. The number of likely N-dealkylation sites (N-methyl/N-ethyl adjacent to an activating group) is 1. The van der Waals surface area contributed by atoms with E-state index in [0.717, 1.165) is 13.0 Å². The van der Waals surface area contributed by atoms with Crippen molar-refractivity contribution in [3.63, 3.8) is 0 Å². The number of amides is 1. The fraction of sp³-hybridized carbons (Fsp3) is 0.917. The minimum Gasteiger partial charge on any atom is -0.444 e. The number of carbonyl (C=O) groups is 1. The van der Waals surface area contributed by atoms with Gasteiger partial charge in [0.15, 0.2) is 0 Å². The van der Waals surface area contributed by atoms with E-state index in [1.807, 2.05) is 20.8 Å². The summed E-state index contributed by atoms with van der Waals surface area (Å²) in [4.78, 5) is 13.2. The van der Waals surface area contributed by atoms with E-state index in [2.05, 4.69) is 19.2 Å². The van der Waals surface area contributed by atoms with Gasteiger partial charge in [-0.15, -0.1) is 0 Å². The molecule has 4 nitrogen and oxygen atoms in total. The van der Waals surface area contributed by atoms with Crippen LogP contribution in [0.2, 0.25) is 0 Å². The Morgan fingerprint density at radius 1 is 1.44 bits per heavy atom. The maximum absolute atomic E-state index is 11.6. The summed E-state index contributed by atoms with van der Waals surface area (Å²) < 4.78 is 5.24. The highest BCUT2D eigenvalue weighted by Gasteiger charge is 2.19. The van der Waals surface area contributed by atoms with Crippen LogP contribution in [0.15, 0.2) is 0 Å². The van der Waals surface area contributed by atoms with Crippen LogP contribution < -0.4 is 5.32 Å². The highest BCUT2D eigenvalue weighted by Crippen LogP contribution is 2.08. The molecule has 0 aromatic heterocycles. The minimum absolute atomic E-state index is 0.265. The van der Waals surface area contributed by atoms with E-state index in [1.54, 1.807) is 11.9 Å². The van der Waals surface area contributed by atoms with Crippen molar-refractivity contribution in [2.75, 3.05) is 20.1 Å². The predicted octanol–water partition coefficient (Wildman–Crippen LogP) is 2.24. The first-order valence-corrected chi connectivity index (χ1v) is 5.93. The van der Waals surface area contributed by atoms with Gasteiger partial charge in [-0.1, -0.05) is 6.92 Å². The lowest BCUT2D eigenvalue weighted by Crippen LogP contribution is -2.39. The number of carbonyl (C=O) groups excluding carboxylic acids is 1. The largest absolute Gasteiger partial charge is 0.444 e. The van der Waals surface area contributed by atoms with Crippen molar-refractivity contribution in [3.05, 3.63) is 0 Å². The second kappa shape index (κ2) is 6.74. The molecule has 1 N–H and O–H groups in total. The average Bonchev–Trinajstić information content (AvgIpc) is 2.14. The van der Waals surface area contributed by atoms with Gasteiger partial charge in [-0.25, -0.2) is 4.79 Å². The molecule has 0 aliphatic rings. The molecular weight excluding hydrogens is 204 g/mol. The molecule has 0 bridgehead atoms. The molecule has 96 valence electrons. The van der Waals surface area contributed by atoms with Crippen LogP contribution in [0, 0.1) is 0 Å². The highest BCUT2D eigenvalue weighted by molar-refractivity contribution is 5.67. The maximum Gasteiger partial charge on any atom is 0.410 e. The number of hydrogen-bond donors (Lipinski definition) is 1. The topological polar surface area (TPSA) is 41.6 Å². The van der Waals surface area contributed by atoms with Crippen molar-refractivity contribution >= 4 is 6.09 Å². The van der Waals surface area contributed by atoms with Crippen molar-refractivity contribution in [2.24, 2.45) is 0 Å². The molecule has 0 heterocycles. The van der Waals surface area contributed by atoms with E-state index in [4.69, 9.17) is 4.74 Å². The van der Waals surface area contributed by atoms with E-state index in [0.29, 0.717) is 12.6 Å². The summed E-state index contributed by atoms with van der Waals surface area (Å²) in [6.07, 6.45) is 0.828. The van der Waals surface area contributed by atoms with Crippen molar-refractivity contribution < 1.29 is 9.53 Å². The molecule has 0 aliphatic heterocycles. The van der Waals surface area contributed by atoms with Crippen LogP contribution in [0.1, 0.15) is 41.0 Å². The summed E-state index contributed by atoms with van der Waals surface area (Å²) in [5, 5.41) is 3.33. The third-order valence-electron chi connectivity index (χ3n) is 2.26. The molecule has 4 heteroatoms. The number of rotatable bonds is 5. The Bertz CT molecular complexity index is 212. The summed E-state index contributed by atoms with van der Waals surface area (Å²) in [7, 11) is 1.76. The summed E-state index contributed by atoms with van der Waals surface area (Å²) in [6.45, 7) is 11.3. The van der Waals surface area contributed by atoms with Gasteiger partial charge in [0.1, 0.15) is 5.60 Å². The third-order valence-corrected chi connectivity index (χ3v) is 2.26. The molecule has 0 rings (SSSR count). The van der Waals surface area contributed by atoms with E-state index >= 15 is 0 Å². The zero-order valence-corrected chi connectivity index (χ0v) is 11.5. The SMILES string of the molecule is CCC(C)NCCN(C)C(=O)OC(C)(C)C. The molecule has 0 radical (unpaired) electrons. The minimum atomic E-state index is -0.421. The van der Waals surface area contributed by atoms with Gasteiger partial charge in [-0.3, -0.25) is 0 Å². The van der Waals surface area contributed by atoms with Gasteiger partial charge in [0.2, 0.25) is 0 Å². The molecule has 1 unspecified atom stereocenters. The number of nitrogens with one attached hydrogen (secondary N) is 1. The molecule has 0 spiro atoms.